The molecule has 1 aliphatic heterocycles. The van der Waals surface area contributed by atoms with Crippen molar-refractivity contribution >= 4 is 11.9 Å². The van der Waals surface area contributed by atoms with E-state index in [1.165, 1.54) is 12.1 Å². The minimum Gasteiger partial charge on any atom is -0.508 e. The molecule has 1 saturated heterocycles. The molecule has 1 aromatic carbocycles. The van der Waals surface area contributed by atoms with Gasteiger partial charge in [0.1, 0.15) is 11.8 Å². The number of benzene rings is 1. The monoisotopic (exact) mass is 293 g/mol. The van der Waals surface area contributed by atoms with Gasteiger partial charge in [-0.3, -0.25) is 4.79 Å². The first-order chi connectivity index (χ1) is 9.95. The van der Waals surface area contributed by atoms with Crippen molar-refractivity contribution < 1.29 is 24.5 Å². The van der Waals surface area contributed by atoms with Gasteiger partial charge in [0, 0.05) is 6.42 Å². The zero-order valence-electron chi connectivity index (χ0n) is 11.8. The molecule has 0 aromatic heterocycles. The predicted octanol–water partition coefficient (Wildman–Crippen LogP) is 0.929. The number of hydrogen-bond acceptors (Lipinski definition) is 4. The fourth-order valence-corrected chi connectivity index (χ4v) is 2.36. The lowest BCUT2D eigenvalue weighted by atomic mass is 10.0. The van der Waals surface area contributed by atoms with E-state index in [4.69, 9.17) is 4.74 Å². The molecule has 0 aliphatic carbocycles. The fraction of sp³-hybridized carbons (Fsp3) is 0.467. The van der Waals surface area contributed by atoms with Crippen molar-refractivity contribution in [1.29, 1.82) is 0 Å². The van der Waals surface area contributed by atoms with Crippen molar-refractivity contribution in [3.05, 3.63) is 29.8 Å². The lowest BCUT2D eigenvalue weighted by Gasteiger charge is -2.17. The van der Waals surface area contributed by atoms with E-state index < -0.39 is 12.0 Å². The lowest BCUT2D eigenvalue weighted by molar-refractivity contribution is -0.142. The van der Waals surface area contributed by atoms with Gasteiger partial charge in [0.25, 0.3) is 0 Å². The number of carboxylic acid groups (broad SMARTS) is 1. The van der Waals surface area contributed by atoms with E-state index in [0.29, 0.717) is 13.0 Å². The molecule has 1 fully saturated rings. The number of phenolic OH excluding ortho intramolecular Hbond substituents is 1. The summed E-state index contributed by atoms with van der Waals surface area (Å²) < 4.78 is 5.32. The molecule has 6 nitrogen and oxygen atoms in total. The zero-order valence-corrected chi connectivity index (χ0v) is 11.8. The molecule has 21 heavy (non-hydrogen) atoms. The van der Waals surface area contributed by atoms with Crippen LogP contribution in [-0.4, -0.2) is 40.8 Å². The van der Waals surface area contributed by atoms with Gasteiger partial charge in [-0.1, -0.05) is 12.1 Å². The minimum atomic E-state index is -1.08. The molecule has 1 heterocycles. The number of carbonyl (C=O) groups excluding carboxylic acids is 1. The summed E-state index contributed by atoms with van der Waals surface area (Å²) in [7, 11) is 0. The number of ether oxygens (including phenoxy) is 1. The normalized spacial score (nSPS) is 22.7. The SMILES string of the molecule is CC1CC(C(=O)N[C@H](Cc2ccc(O)cc2)C(=O)O)CO1. The molecule has 1 amide bonds. The highest BCUT2D eigenvalue weighted by Gasteiger charge is 2.31. The molecule has 3 N–H and O–H groups in total. The van der Waals surface area contributed by atoms with Crippen LogP contribution in [0.15, 0.2) is 24.3 Å². The molecule has 6 heteroatoms. The summed E-state index contributed by atoms with van der Waals surface area (Å²) in [6.45, 7) is 2.22. The maximum atomic E-state index is 12.1. The zero-order chi connectivity index (χ0) is 15.4. The van der Waals surface area contributed by atoms with Crippen LogP contribution in [0.25, 0.3) is 0 Å². The van der Waals surface area contributed by atoms with Crippen LogP contribution < -0.4 is 5.32 Å². The standard InChI is InChI=1S/C15H19NO5/c1-9-6-11(8-21-9)14(18)16-13(15(19)20)7-10-2-4-12(17)5-3-10/h2-5,9,11,13,17H,6-8H2,1H3,(H,16,18)(H,19,20)/t9?,11?,13-/m1/s1. The average molecular weight is 293 g/mol. The number of phenols is 1. The Kier molecular flexibility index (Phi) is 4.80. The average Bonchev–Trinajstić information content (AvgIpc) is 2.87. The summed E-state index contributed by atoms with van der Waals surface area (Å²) in [5.74, 6) is -1.54. The van der Waals surface area contributed by atoms with Crippen LogP contribution in [0.3, 0.4) is 0 Å². The second kappa shape index (κ2) is 6.58. The number of aliphatic carboxylic acids is 1. The van der Waals surface area contributed by atoms with Gasteiger partial charge in [-0.25, -0.2) is 4.79 Å². The largest absolute Gasteiger partial charge is 0.508 e. The molecule has 0 bridgehead atoms. The number of carbonyl (C=O) groups is 2. The Balaban J connectivity index is 1.97. The van der Waals surface area contributed by atoms with E-state index in [9.17, 15) is 19.8 Å². The van der Waals surface area contributed by atoms with E-state index in [2.05, 4.69) is 5.32 Å². The maximum Gasteiger partial charge on any atom is 0.326 e. The van der Waals surface area contributed by atoms with Crippen molar-refractivity contribution in [3.63, 3.8) is 0 Å². The van der Waals surface area contributed by atoms with E-state index in [1.807, 2.05) is 6.92 Å². The summed E-state index contributed by atoms with van der Waals surface area (Å²) in [5, 5.41) is 21.0. The molecule has 1 aromatic rings. The van der Waals surface area contributed by atoms with E-state index in [0.717, 1.165) is 5.56 Å². The number of carboxylic acids is 1. The topological polar surface area (TPSA) is 95.9 Å². The Morgan fingerprint density at radius 2 is 2.05 bits per heavy atom. The van der Waals surface area contributed by atoms with Crippen LogP contribution in [0.1, 0.15) is 18.9 Å². The van der Waals surface area contributed by atoms with Gasteiger partial charge in [0.15, 0.2) is 0 Å². The highest BCUT2D eigenvalue weighted by Crippen LogP contribution is 2.19. The first-order valence-corrected chi connectivity index (χ1v) is 6.88. The van der Waals surface area contributed by atoms with Crippen LogP contribution in [0.2, 0.25) is 0 Å². The first kappa shape index (κ1) is 15.3. The lowest BCUT2D eigenvalue weighted by Crippen LogP contribution is -2.45. The molecule has 0 saturated carbocycles. The number of nitrogens with one attached hydrogen (secondary N) is 1. The summed E-state index contributed by atoms with van der Waals surface area (Å²) in [5.41, 5.74) is 0.733. The number of rotatable bonds is 5. The van der Waals surface area contributed by atoms with Crippen molar-refractivity contribution in [1.82, 2.24) is 5.32 Å². The van der Waals surface area contributed by atoms with Gasteiger partial charge < -0.3 is 20.3 Å². The van der Waals surface area contributed by atoms with Crippen LogP contribution in [0.4, 0.5) is 0 Å². The van der Waals surface area contributed by atoms with Gasteiger partial charge in [0.2, 0.25) is 5.91 Å². The van der Waals surface area contributed by atoms with Crippen LogP contribution in [0.5, 0.6) is 5.75 Å². The Morgan fingerprint density at radius 1 is 1.38 bits per heavy atom. The number of amides is 1. The van der Waals surface area contributed by atoms with E-state index in [1.54, 1.807) is 12.1 Å². The highest BCUT2D eigenvalue weighted by molar-refractivity contribution is 5.85. The highest BCUT2D eigenvalue weighted by atomic mass is 16.5. The Labute approximate surface area is 122 Å². The molecule has 2 rings (SSSR count). The summed E-state index contributed by atoms with van der Waals surface area (Å²) in [4.78, 5) is 23.3. The van der Waals surface area contributed by atoms with Crippen molar-refractivity contribution in [2.24, 2.45) is 5.92 Å². The summed E-state index contributed by atoms with van der Waals surface area (Å²) in [6.07, 6.45) is 0.808. The van der Waals surface area contributed by atoms with Crippen LogP contribution in [0, 0.1) is 5.92 Å². The van der Waals surface area contributed by atoms with Crippen molar-refractivity contribution in [2.75, 3.05) is 6.61 Å². The van der Waals surface area contributed by atoms with Gasteiger partial charge in [-0.15, -0.1) is 0 Å². The quantitative estimate of drug-likeness (QED) is 0.750. The maximum absolute atomic E-state index is 12.1. The third-order valence-corrected chi connectivity index (χ3v) is 3.56. The summed E-state index contributed by atoms with van der Waals surface area (Å²) in [6, 6.07) is 5.26. The fourth-order valence-electron chi connectivity index (χ4n) is 2.36. The molecule has 0 spiro atoms. The Bertz CT molecular complexity index is 513. The predicted molar refractivity (Wildman–Crippen MR) is 74.9 cm³/mol. The number of hydrogen-bond donors (Lipinski definition) is 3. The van der Waals surface area contributed by atoms with Crippen LogP contribution in [-0.2, 0) is 20.7 Å². The third-order valence-electron chi connectivity index (χ3n) is 3.56. The van der Waals surface area contributed by atoms with Gasteiger partial charge in [-0.05, 0) is 31.0 Å². The molecule has 3 atom stereocenters. The molecule has 1 aliphatic rings. The third kappa shape index (κ3) is 4.19. The van der Waals surface area contributed by atoms with E-state index >= 15 is 0 Å². The Morgan fingerprint density at radius 3 is 2.57 bits per heavy atom. The molecule has 0 radical (unpaired) electrons. The van der Waals surface area contributed by atoms with Crippen molar-refractivity contribution in [2.45, 2.75) is 31.9 Å². The second-order valence-corrected chi connectivity index (χ2v) is 5.35. The molecule has 2 unspecified atom stereocenters. The van der Waals surface area contributed by atoms with Crippen molar-refractivity contribution in [3.8, 4) is 5.75 Å². The van der Waals surface area contributed by atoms with Gasteiger partial charge in [0.05, 0.1) is 18.6 Å². The molecular formula is C15H19NO5. The molecular weight excluding hydrogens is 274 g/mol. The molecule has 114 valence electrons. The van der Waals surface area contributed by atoms with E-state index in [-0.39, 0.29) is 30.1 Å². The Hall–Kier alpha value is -2.08. The summed E-state index contributed by atoms with van der Waals surface area (Å²) >= 11 is 0. The van der Waals surface area contributed by atoms with Gasteiger partial charge >= 0.3 is 5.97 Å². The number of aromatic hydroxyl groups is 1. The van der Waals surface area contributed by atoms with Crippen LogP contribution >= 0.6 is 0 Å². The smallest absolute Gasteiger partial charge is 0.326 e. The van der Waals surface area contributed by atoms with Gasteiger partial charge in [-0.2, -0.15) is 0 Å². The first-order valence-electron chi connectivity index (χ1n) is 6.88. The minimum absolute atomic E-state index is 0.0288. The second-order valence-electron chi connectivity index (χ2n) is 5.35.